The van der Waals surface area contributed by atoms with Gasteiger partial charge in [-0.25, -0.2) is 0 Å². The third-order valence-electron chi connectivity index (χ3n) is 9.45. The van der Waals surface area contributed by atoms with E-state index in [9.17, 15) is 0 Å². The van der Waals surface area contributed by atoms with Gasteiger partial charge in [-0.1, -0.05) is 103 Å². The number of para-hydroxylation sites is 3. The van der Waals surface area contributed by atoms with Crippen LogP contribution in [0, 0.1) is 0 Å². The molecule has 2 radical (unpaired) electrons. The molecule has 10 rings (SSSR count). The molecule has 0 saturated carbocycles. The van der Waals surface area contributed by atoms with Crippen molar-refractivity contribution < 1.29 is 0 Å². The molecule has 2 nitrogen and oxygen atoms in total. The molecule has 46 heavy (non-hydrogen) atoms. The molecule has 0 saturated heterocycles. The van der Waals surface area contributed by atoms with Gasteiger partial charge in [-0.15, -0.1) is 11.3 Å². The average Bonchev–Trinajstić information content (AvgIpc) is 3.76. The van der Waals surface area contributed by atoms with Gasteiger partial charge in [-0.3, -0.25) is 0 Å². The lowest BCUT2D eigenvalue weighted by molar-refractivity contribution is 1.18. The molecule has 0 amide bonds. The summed E-state index contributed by atoms with van der Waals surface area (Å²) in [5, 5.41) is 7.44. The molecule has 0 aliphatic heterocycles. The second-order valence-electron chi connectivity index (χ2n) is 12.0. The lowest BCUT2D eigenvalue weighted by Crippen LogP contribution is -2.05. The van der Waals surface area contributed by atoms with E-state index in [1.165, 1.54) is 70.2 Å². The Morgan fingerprint density at radius 3 is 1.93 bits per heavy atom. The SMILES string of the molecule is [B]c1cc(-n2c3ccccc3c3c(-c4ccc5c6ccccc6n(-c6ccccc6)c5c4)cccc32)cc2c1sc1ccccc12. The molecule has 3 aromatic heterocycles. The Morgan fingerprint density at radius 2 is 1.09 bits per heavy atom. The van der Waals surface area contributed by atoms with Crippen LogP contribution in [0.5, 0.6) is 0 Å². The zero-order valence-electron chi connectivity index (χ0n) is 24.8. The number of rotatable bonds is 3. The van der Waals surface area contributed by atoms with Crippen LogP contribution in [0.25, 0.3) is 86.3 Å². The Labute approximate surface area is 270 Å². The van der Waals surface area contributed by atoms with Crippen LogP contribution in [0.4, 0.5) is 0 Å². The molecule has 3 heterocycles. The van der Waals surface area contributed by atoms with Crippen LogP contribution in [0.1, 0.15) is 0 Å². The minimum atomic E-state index is 0.815. The lowest BCUT2D eigenvalue weighted by atomic mass is 9.93. The summed E-state index contributed by atoms with van der Waals surface area (Å²) in [5.41, 5.74) is 10.2. The fourth-order valence-corrected chi connectivity index (χ4v) is 8.61. The largest absolute Gasteiger partial charge is 0.309 e. The zero-order chi connectivity index (χ0) is 30.4. The highest BCUT2D eigenvalue weighted by molar-refractivity contribution is 7.26. The van der Waals surface area contributed by atoms with Crippen LogP contribution in [-0.4, -0.2) is 17.0 Å². The maximum absolute atomic E-state index is 6.78. The highest BCUT2D eigenvalue weighted by Gasteiger charge is 2.19. The van der Waals surface area contributed by atoms with Crippen LogP contribution < -0.4 is 5.46 Å². The molecule has 0 unspecified atom stereocenters. The molecule has 4 heteroatoms. The molecule has 0 spiro atoms. The number of hydrogen-bond donors (Lipinski definition) is 0. The van der Waals surface area contributed by atoms with Gasteiger partial charge < -0.3 is 9.13 Å². The quantitative estimate of drug-likeness (QED) is 0.179. The number of fused-ring (bicyclic) bond motifs is 9. The summed E-state index contributed by atoms with van der Waals surface area (Å²) < 4.78 is 7.18. The van der Waals surface area contributed by atoms with Gasteiger partial charge in [0, 0.05) is 53.1 Å². The predicted molar refractivity (Wildman–Crippen MR) is 199 cm³/mol. The lowest BCUT2D eigenvalue weighted by Gasteiger charge is -2.12. The van der Waals surface area contributed by atoms with Crippen molar-refractivity contribution in [1.82, 2.24) is 9.13 Å². The number of aromatic nitrogens is 2. The highest BCUT2D eigenvalue weighted by atomic mass is 32.1. The van der Waals surface area contributed by atoms with Crippen LogP contribution >= 0.6 is 11.3 Å². The third-order valence-corrected chi connectivity index (χ3v) is 10.7. The molecule has 0 bridgehead atoms. The van der Waals surface area contributed by atoms with Gasteiger partial charge in [0.2, 0.25) is 0 Å². The maximum Gasteiger partial charge on any atom is 0.115 e. The summed E-state index contributed by atoms with van der Waals surface area (Å²) in [6.07, 6.45) is 0. The van der Waals surface area contributed by atoms with Gasteiger partial charge in [0.25, 0.3) is 0 Å². The Kier molecular flexibility index (Phi) is 5.43. The van der Waals surface area contributed by atoms with Gasteiger partial charge >= 0.3 is 0 Å². The van der Waals surface area contributed by atoms with Gasteiger partial charge in [0.05, 0.1) is 22.1 Å². The molecule has 0 aliphatic carbocycles. The van der Waals surface area contributed by atoms with Crippen molar-refractivity contribution in [1.29, 1.82) is 0 Å². The van der Waals surface area contributed by atoms with Crippen molar-refractivity contribution in [2.75, 3.05) is 0 Å². The summed E-state index contributed by atoms with van der Waals surface area (Å²) >= 11 is 1.77. The van der Waals surface area contributed by atoms with Gasteiger partial charge in [0.1, 0.15) is 7.85 Å². The minimum absolute atomic E-state index is 0.815. The van der Waals surface area contributed by atoms with E-state index >= 15 is 0 Å². The summed E-state index contributed by atoms with van der Waals surface area (Å²) in [4.78, 5) is 0. The van der Waals surface area contributed by atoms with E-state index in [-0.39, 0.29) is 0 Å². The normalized spacial score (nSPS) is 12.0. The second kappa shape index (κ2) is 9.71. The van der Waals surface area contributed by atoms with Gasteiger partial charge in [-0.2, -0.15) is 0 Å². The molecular weight excluding hydrogens is 575 g/mol. The van der Waals surface area contributed by atoms with Crippen molar-refractivity contribution in [3.05, 3.63) is 152 Å². The maximum atomic E-state index is 6.78. The van der Waals surface area contributed by atoms with Crippen LogP contribution in [-0.2, 0) is 0 Å². The van der Waals surface area contributed by atoms with Crippen molar-refractivity contribution in [3.63, 3.8) is 0 Å². The Balaban J connectivity index is 1.26. The molecule has 0 fully saturated rings. The standard InChI is InChI=1S/C42H25BN2S/c43-35-25-28(24-34-32-14-6-9-20-40(32)46-42(34)35)45-37-18-8-5-15-33(37)41-29(16-10-19-38(41)45)26-21-22-31-30-13-4-7-17-36(30)44(39(31)23-26)27-11-2-1-3-12-27/h1-25H. The van der Waals surface area contributed by atoms with E-state index in [2.05, 4.69) is 161 Å². The van der Waals surface area contributed by atoms with E-state index in [1.807, 2.05) is 0 Å². The fourth-order valence-electron chi connectivity index (χ4n) is 7.50. The molecular formula is C42H25BN2S. The first kappa shape index (κ1) is 25.7. The first-order chi connectivity index (χ1) is 22.7. The second-order valence-corrected chi connectivity index (χ2v) is 13.0. The van der Waals surface area contributed by atoms with Crippen molar-refractivity contribution in [2.24, 2.45) is 0 Å². The van der Waals surface area contributed by atoms with Gasteiger partial charge in [-0.05, 0) is 65.7 Å². The summed E-state index contributed by atoms with van der Waals surface area (Å²) in [6, 6.07) is 54.8. The molecule has 0 N–H and O–H groups in total. The fraction of sp³-hybridized carbons (Fsp3) is 0. The molecule has 212 valence electrons. The first-order valence-corrected chi connectivity index (χ1v) is 16.4. The third kappa shape index (κ3) is 3.59. The summed E-state index contributed by atoms with van der Waals surface area (Å²) in [7, 11) is 6.78. The molecule has 0 atom stereocenters. The highest BCUT2D eigenvalue weighted by Crippen LogP contribution is 2.42. The predicted octanol–water partition coefficient (Wildman–Crippen LogP) is 10.7. The number of benzene rings is 7. The monoisotopic (exact) mass is 600 g/mol. The molecule has 0 aliphatic rings. The van der Waals surface area contributed by atoms with Crippen molar-refractivity contribution in [2.45, 2.75) is 0 Å². The Morgan fingerprint density at radius 1 is 0.435 bits per heavy atom. The number of hydrogen-bond acceptors (Lipinski definition) is 1. The van der Waals surface area contributed by atoms with E-state index < -0.39 is 0 Å². The summed E-state index contributed by atoms with van der Waals surface area (Å²) in [5.74, 6) is 0. The van der Waals surface area contributed by atoms with Crippen molar-refractivity contribution in [3.8, 4) is 22.5 Å². The molecule has 10 aromatic rings. The Bertz CT molecular complexity index is 2820. The van der Waals surface area contributed by atoms with Crippen LogP contribution in [0.15, 0.2) is 152 Å². The van der Waals surface area contributed by atoms with Gasteiger partial charge in [0.15, 0.2) is 0 Å². The smallest absolute Gasteiger partial charge is 0.115 e. The number of nitrogens with zero attached hydrogens (tertiary/aromatic N) is 2. The molecule has 7 aromatic carbocycles. The average molecular weight is 601 g/mol. The minimum Gasteiger partial charge on any atom is -0.309 e. The van der Waals surface area contributed by atoms with E-state index in [1.54, 1.807) is 11.3 Å². The van der Waals surface area contributed by atoms with E-state index in [4.69, 9.17) is 7.85 Å². The van der Waals surface area contributed by atoms with E-state index in [0.717, 1.165) is 21.5 Å². The number of thiophene rings is 1. The zero-order valence-corrected chi connectivity index (χ0v) is 25.6. The summed E-state index contributed by atoms with van der Waals surface area (Å²) in [6.45, 7) is 0. The van der Waals surface area contributed by atoms with Crippen molar-refractivity contribution >= 4 is 88.4 Å². The van der Waals surface area contributed by atoms with Crippen LogP contribution in [0.2, 0.25) is 0 Å². The Hall–Kier alpha value is -5.58. The van der Waals surface area contributed by atoms with E-state index in [0.29, 0.717) is 0 Å². The van der Waals surface area contributed by atoms with Crippen LogP contribution in [0.3, 0.4) is 0 Å². The topological polar surface area (TPSA) is 9.86 Å². The first-order valence-electron chi connectivity index (χ1n) is 15.6.